The van der Waals surface area contributed by atoms with Crippen LogP contribution in [0.4, 0.5) is 0 Å². The third kappa shape index (κ3) is 4.21. The highest BCUT2D eigenvalue weighted by molar-refractivity contribution is 5.63. The molecule has 2 aromatic carbocycles. The molecule has 1 saturated heterocycles. The van der Waals surface area contributed by atoms with E-state index in [0.29, 0.717) is 12.0 Å². The summed E-state index contributed by atoms with van der Waals surface area (Å²) in [6.07, 6.45) is 1.23. The molecule has 1 aliphatic rings. The zero-order chi connectivity index (χ0) is 16.1. The molecule has 1 N–H and O–H groups in total. The first-order valence-corrected chi connectivity index (χ1v) is 8.84. The summed E-state index contributed by atoms with van der Waals surface area (Å²) in [4.78, 5) is 2.65. The Morgan fingerprint density at radius 2 is 1.48 bits per heavy atom. The van der Waals surface area contributed by atoms with E-state index in [2.05, 4.69) is 78.7 Å². The molecule has 3 rings (SSSR count). The van der Waals surface area contributed by atoms with Crippen LogP contribution in [-0.4, -0.2) is 31.1 Å². The number of nitrogens with one attached hydrogen (secondary N) is 1. The van der Waals surface area contributed by atoms with Crippen LogP contribution in [0.25, 0.3) is 11.1 Å². The zero-order valence-electron chi connectivity index (χ0n) is 14.3. The van der Waals surface area contributed by atoms with Gasteiger partial charge in [0.2, 0.25) is 0 Å². The molecular weight excluding hydrogens is 280 g/mol. The maximum atomic E-state index is 3.46. The summed E-state index contributed by atoms with van der Waals surface area (Å²) in [5.41, 5.74) is 4.06. The lowest BCUT2D eigenvalue weighted by atomic mass is 9.93. The van der Waals surface area contributed by atoms with Gasteiger partial charge in [-0.25, -0.2) is 0 Å². The third-order valence-corrected chi connectivity index (χ3v) is 4.69. The summed E-state index contributed by atoms with van der Waals surface area (Å²) >= 11 is 0. The second-order valence-electron chi connectivity index (χ2n) is 6.92. The lowest BCUT2D eigenvalue weighted by Gasteiger charge is -2.36. The molecule has 0 spiro atoms. The van der Waals surface area contributed by atoms with Gasteiger partial charge >= 0.3 is 0 Å². The average molecular weight is 308 g/mol. The summed E-state index contributed by atoms with van der Waals surface area (Å²) in [6, 6.07) is 20.4. The van der Waals surface area contributed by atoms with E-state index in [1.165, 1.54) is 23.1 Å². The van der Waals surface area contributed by atoms with Crippen LogP contribution in [0.1, 0.15) is 31.9 Å². The summed E-state index contributed by atoms with van der Waals surface area (Å²) in [5, 5.41) is 3.46. The number of nitrogens with zero attached hydrogens (tertiary/aromatic N) is 1. The van der Waals surface area contributed by atoms with Crippen molar-refractivity contribution in [1.29, 1.82) is 0 Å². The maximum Gasteiger partial charge on any atom is 0.0351 e. The Morgan fingerprint density at radius 3 is 2.09 bits per heavy atom. The van der Waals surface area contributed by atoms with Crippen LogP contribution in [0.15, 0.2) is 54.6 Å². The fourth-order valence-electron chi connectivity index (χ4n) is 3.46. The molecule has 1 aliphatic heterocycles. The van der Waals surface area contributed by atoms with Gasteiger partial charge in [0.1, 0.15) is 0 Å². The summed E-state index contributed by atoms with van der Waals surface area (Å²) in [7, 11) is 0. The van der Waals surface area contributed by atoms with E-state index in [4.69, 9.17) is 0 Å². The third-order valence-electron chi connectivity index (χ3n) is 4.69. The van der Waals surface area contributed by atoms with Crippen molar-refractivity contribution in [3.63, 3.8) is 0 Å². The predicted octanol–water partition coefficient (Wildman–Crippen LogP) is 4.35. The molecule has 0 unspecified atom stereocenters. The Labute approximate surface area is 140 Å². The van der Waals surface area contributed by atoms with Crippen molar-refractivity contribution < 1.29 is 0 Å². The smallest absolute Gasteiger partial charge is 0.0351 e. The first-order chi connectivity index (χ1) is 11.2. The molecule has 0 amide bonds. The maximum absolute atomic E-state index is 3.46. The van der Waals surface area contributed by atoms with E-state index in [1.807, 2.05) is 0 Å². The van der Waals surface area contributed by atoms with Crippen molar-refractivity contribution >= 4 is 0 Å². The minimum absolute atomic E-state index is 0.543. The highest BCUT2D eigenvalue weighted by Crippen LogP contribution is 2.30. The largest absolute Gasteiger partial charge is 0.314 e. The molecule has 2 heteroatoms. The first-order valence-electron chi connectivity index (χ1n) is 8.84. The number of piperazine rings is 1. The fourth-order valence-corrected chi connectivity index (χ4v) is 3.46. The Hall–Kier alpha value is -1.64. The predicted molar refractivity (Wildman–Crippen MR) is 98.5 cm³/mol. The van der Waals surface area contributed by atoms with E-state index < -0.39 is 0 Å². The van der Waals surface area contributed by atoms with Gasteiger partial charge in [-0.3, -0.25) is 4.90 Å². The van der Waals surface area contributed by atoms with Crippen LogP contribution in [0.3, 0.4) is 0 Å². The number of hydrogen-bond donors (Lipinski definition) is 1. The normalized spacial score (nSPS) is 17.3. The van der Waals surface area contributed by atoms with Crippen LogP contribution >= 0.6 is 0 Å². The molecule has 0 aliphatic carbocycles. The van der Waals surface area contributed by atoms with Crippen LogP contribution in [0.2, 0.25) is 0 Å². The molecule has 1 heterocycles. The molecule has 122 valence electrons. The van der Waals surface area contributed by atoms with Crippen molar-refractivity contribution in [2.45, 2.75) is 26.3 Å². The van der Waals surface area contributed by atoms with E-state index in [9.17, 15) is 0 Å². The lowest BCUT2D eigenvalue weighted by Crippen LogP contribution is -2.45. The summed E-state index contributed by atoms with van der Waals surface area (Å²) in [5.74, 6) is 0.712. The lowest BCUT2D eigenvalue weighted by molar-refractivity contribution is 0.154. The Bertz CT molecular complexity index is 583. The van der Waals surface area contributed by atoms with Crippen molar-refractivity contribution in [2.24, 2.45) is 5.92 Å². The topological polar surface area (TPSA) is 15.3 Å². The van der Waals surface area contributed by atoms with Gasteiger partial charge in [0.15, 0.2) is 0 Å². The molecule has 1 atom stereocenters. The van der Waals surface area contributed by atoms with E-state index in [-0.39, 0.29) is 0 Å². The second-order valence-corrected chi connectivity index (χ2v) is 6.92. The Morgan fingerprint density at radius 1 is 0.870 bits per heavy atom. The van der Waals surface area contributed by atoms with E-state index in [0.717, 1.165) is 26.2 Å². The molecule has 2 aromatic rings. The SMILES string of the molecule is CC(C)C[C@@H](c1ccc(-c2ccccc2)cc1)N1CCNCC1. The Balaban J connectivity index is 1.81. The van der Waals surface area contributed by atoms with Crippen LogP contribution < -0.4 is 5.32 Å². The number of benzene rings is 2. The molecule has 1 fully saturated rings. The standard InChI is InChI=1S/C21H28N2/c1-17(2)16-21(23-14-12-22-13-15-23)20-10-8-19(9-11-20)18-6-4-3-5-7-18/h3-11,17,21-22H,12-16H2,1-2H3/t21-/m0/s1. The molecule has 0 radical (unpaired) electrons. The van der Waals surface area contributed by atoms with Crippen molar-refractivity contribution in [2.75, 3.05) is 26.2 Å². The molecule has 0 saturated carbocycles. The minimum atomic E-state index is 0.543. The van der Waals surface area contributed by atoms with Crippen LogP contribution in [0, 0.1) is 5.92 Å². The molecule has 0 bridgehead atoms. The average Bonchev–Trinajstić information content (AvgIpc) is 2.61. The van der Waals surface area contributed by atoms with Gasteiger partial charge in [-0.1, -0.05) is 68.4 Å². The van der Waals surface area contributed by atoms with Crippen molar-refractivity contribution in [1.82, 2.24) is 10.2 Å². The molecular formula is C21H28N2. The van der Waals surface area contributed by atoms with Crippen LogP contribution in [0.5, 0.6) is 0 Å². The van der Waals surface area contributed by atoms with Crippen molar-refractivity contribution in [3.05, 3.63) is 60.2 Å². The minimum Gasteiger partial charge on any atom is -0.314 e. The van der Waals surface area contributed by atoms with Gasteiger partial charge in [-0.15, -0.1) is 0 Å². The molecule has 23 heavy (non-hydrogen) atoms. The van der Waals surface area contributed by atoms with Crippen LogP contribution in [-0.2, 0) is 0 Å². The molecule has 2 nitrogen and oxygen atoms in total. The van der Waals surface area contributed by atoms with E-state index >= 15 is 0 Å². The number of rotatable bonds is 5. The quantitative estimate of drug-likeness (QED) is 0.883. The van der Waals surface area contributed by atoms with Gasteiger partial charge in [0.05, 0.1) is 0 Å². The Kier molecular flexibility index (Phi) is 5.47. The number of hydrogen-bond acceptors (Lipinski definition) is 2. The van der Waals surface area contributed by atoms with Crippen molar-refractivity contribution in [3.8, 4) is 11.1 Å². The highest BCUT2D eigenvalue weighted by Gasteiger charge is 2.22. The van der Waals surface area contributed by atoms with Gasteiger partial charge in [-0.05, 0) is 29.0 Å². The highest BCUT2D eigenvalue weighted by atomic mass is 15.2. The monoisotopic (exact) mass is 308 g/mol. The van der Waals surface area contributed by atoms with E-state index in [1.54, 1.807) is 0 Å². The first kappa shape index (κ1) is 16.2. The van der Waals surface area contributed by atoms with Gasteiger partial charge < -0.3 is 5.32 Å². The summed E-state index contributed by atoms with van der Waals surface area (Å²) in [6.45, 7) is 9.17. The molecule has 0 aromatic heterocycles. The van der Waals surface area contributed by atoms with Gasteiger partial charge in [-0.2, -0.15) is 0 Å². The van der Waals surface area contributed by atoms with Gasteiger partial charge in [0.25, 0.3) is 0 Å². The van der Waals surface area contributed by atoms with Gasteiger partial charge in [0, 0.05) is 32.2 Å². The second kappa shape index (κ2) is 7.76. The zero-order valence-corrected chi connectivity index (χ0v) is 14.3. The summed E-state index contributed by atoms with van der Waals surface area (Å²) < 4.78 is 0. The fraction of sp³-hybridized carbons (Fsp3) is 0.429.